The first-order valence-electron chi connectivity index (χ1n) is 7.17. The molecular weight excluding hydrogens is 330 g/mol. The van der Waals surface area contributed by atoms with Crippen LogP contribution in [0.25, 0.3) is 16.7 Å². The van der Waals surface area contributed by atoms with Gasteiger partial charge in [0.25, 0.3) is 5.91 Å². The summed E-state index contributed by atoms with van der Waals surface area (Å²) in [7, 11) is 0. The van der Waals surface area contributed by atoms with E-state index in [1.807, 2.05) is 6.92 Å². The first kappa shape index (κ1) is 16.1. The van der Waals surface area contributed by atoms with Crippen molar-refractivity contribution >= 4 is 34.4 Å². The molecule has 2 heterocycles. The van der Waals surface area contributed by atoms with Gasteiger partial charge in [0, 0.05) is 5.56 Å². The highest BCUT2D eigenvalue weighted by Crippen LogP contribution is 2.37. The van der Waals surface area contributed by atoms with Gasteiger partial charge in [-0.25, -0.2) is 9.97 Å². The number of amides is 1. The van der Waals surface area contributed by atoms with Gasteiger partial charge in [0.15, 0.2) is 5.65 Å². The first-order chi connectivity index (χ1) is 11.2. The summed E-state index contributed by atoms with van der Waals surface area (Å²) < 4.78 is 1.58. The molecule has 0 fully saturated rings. The summed E-state index contributed by atoms with van der Waals surface area (Å²) in [4.78, 5) is 20.4. The minimum absolute atomic E-state index is 0.0668. The van der Waals surface area contributed by atoms with Crippen LogP contribution in [0.5, 0.6) is 5.75 Å². The molecule has 7 nitrogen and oxygen atoms in total. The molecule has 2 aromatic heterocycles. The van der Waals surface area contributed by atoms with Crippen LogP contribution >= 0.6 is 11.6 Å². The quantitative estimate of drug-likeness (QED) is 0.616. The van der Waals surface area contributed by atoms with Crippen LogP contribution in [0.2, 0.25) is 5.15 Å². The number of primary amides is 1. The molecule has 0 saturated heterocycles. The summed E-state index contributed by atoms with van der Waals surface area (Å²) in [5.74, 6) is -0.0794. The van der Waals surface area contributed by atoms with Crippen molar-refractivity contribution in [3.05, 3.63) is 39.8 Å². The van der Waals surface area contributed by atoms with Crippen molar-refractivity contribution in [1.82, 2.24) is 14.5 Å². The molecule has 8 heteroatoms. The largest absolute Gasteiger partial charge is 0.508 e. The van der Waals surface area contributed by atoms with Crippen LogP contribution in [0.4, 0.5) is 5.82 Å². The first-order valence-corrected chi connectivity index (χ1v) is 7.55. The Hall–Kier alpha value is -2.80. The number of aromatic nitrogens is 3. The molecule has 0 spiro atoms. The number of carbonyl (C=O) groups excluding carboxylic acids is 1. The number of rotatable bonds is 2. The number of fused-ring (bicyclic) bond motifs is 1. The minimum Gasteiger partial charge on any atom is -0.508 e. The van der Waals surface area contributed by atoms with E-state index in [2.05, 4.69) is 9.97 Å². The van der Waals surface area contributed by atoms with Crippen molar-refractivity contribution in [1.29, 1.82) is 0 Å². The number of phenols is 1. The summed E-state index contributed by atoms with van der Waals surface area (Å²) >= 11 is 6.22. The standard InChI is InChI=1S/C16H16ClN5O2/c1-6-4-5-9(23)7(2)12(6)22-14(18)11(15(19)24)10-13(17)20-8(3)21-16(10)22/h4-5,23H,18H2,1-3H3,(H2,19,24). The average Bonchev–Trinajstić information content (AvgIpc) is 2.77. The smallest absolute Gasteiger partial charge is 0.253 e. The van der Waals surface area contributed by atoms with Gasteiger partial charge in [-0.2, -0.15) is 0 Å². The van der Waals surface area contributed by atoms with Crippen molar-refractivity contribution in [2.45, 2.75) is 20.8 Å². The second-order valence-electron chi connectivity index (χ2n) is 5.60. The molecule has 5 N–H and O–H groups in total. The SMILES string of the molecule is Cc1nc(Cl)c2c(C(N)=O)c(N)n(-c3c(C)ccc(O)c3C)c2n1. The summed E-state index contributed by atoms with van der Waals surface area (Å²) in [6, 6.07) is 3.35. The van der Waals surface area contributed by atoms with E-state index in [-0.39, 0.29) is 22.3 Å². The van der Waals surface area contributed by atoms with Gasteiger partial charge < -0.3 is 16.6 Å². The molecule has 3 rings (SSSR count). The van der Waals surface area contributed by atoms with Crippen LogP contribution < -0.4 is 11.5 Å². The van der Waals surface area contributed by atoms with Gasteiger partial charge in [0.1, 0.15) is 22.5 Å². The van der Waals surface area contributed by atoms with Gasteiger partial charge in [-0.05, 0) is 32.4 Å². The average molecular weight is 346 g/mol. The molecule has 0 unspecified atom stereocenters. The molecule has 24 heavy (non-hydrogen) atoms. The monoisotopic (exact) mass is 345 g/mol. The number of nitrogens with two attached hydrogens (primary N) is 2. The number of carbonyl (C=O) groups is 1. The molecule has 0 aliphatic heterocycles. The van der Waals surface area contributed by atoms with Crippen LogP contribution in [-0.2, 0) is 0 Å². The maximum Gasteiger partial charge on any atom is 0.253 e. The maximum absolute atomic E-state index is 11.9. The van der Waals surface area contributed by atoms with E-state index >= 15 is 0 Å². The lowest BCUT2D eigenvalue weighted by Gasteiger charge is -2.15. The third-order valence-corrected chi connectivity index (χ3v) is 4.26. The highest BCUT2D eigenvalue weighted by atomic mass is 35.5. The minimum atomic E-state index is -0.721. The second kappa shape index (κ2) is 5.38. The molecule has 0 atom stereocenters. The topological polar surface area (TPSA) is 120 Å². The molecule has 0 aliphatic carbocycles. The molecule has 0 aliphatic rings. The Bertz CT molecular complexity index is 1010. The fourth-order valence-electron chi connectivity index (χ4n) is 2.90. The zero-order chi connectivity index (χ0) is 17.8. The summed E-state index contributed by atoms with van der Waals surface area (Å²) in [6.45, 7) is 5.31. The van der Waals surface area contributed by atoms with Gasteiger partial charge >= 0.3 is 0 Å². The lowest BCUT2D eigenvalue weighted by atomic mass is 10.1. The summed E-state index contributed by atoms with van der Waals surface area (Å²) in [6.07, 6.45) is 0. The van der Waals surface area contributed by atoms with Crippen molar-refractivity contribution in [2.24, 2.45) is 5.73 Å². The Balaban J connectivity index is 2.58. The lowest BCUT2D eigenvalue weighted by Crippen LogP contribution is -2.14. The summed E-state index contributed by atoms with van der Waals surface area (Å²) in [5, 5.41) is 10.5. The Morgan fingerprint density at radius 2 is 1.92 bits per heavy atom. The van der Waals surface area contributed by atoms with Crippen molar-refractivity contribution < 1.29 is 9.90 Å². The predicted molar refractivity (Wildman–Crippen MR) is 92.7 cm³/mol. The molecular formula is C16H16ClN5O2. The maximum atomic E-state index is 11.9. The van der Waals surface area contributed by atoms with E-state index in [1.54, 1.807) is 30.5 Å². The van der Waals surface area contributed by atoms with E-state index < -0.39 is 5.91 Å². The van der Waals surface area contributed by atoms with Crippen LogP contribution in [0.15, 0.2) is 12.1 Å². The highest BCUT2D eigenvalue weighted by Gasteiger charge is 2.26. The normalized spacial score (nSPS) is 11.2. The highest BCUT2D eigenvalue weighted by molar-refractivity contribution is 6.36. The second-order valence-corrected chi connectivity index (χ2v) is 5.95. The van der Waals surface area contributed by atoms with Crippen LogP contribution in [0, 0.1) is 20.8 Å². The van der Waals surface area contributed by atoms with Crippen LogP contribution in [0.3, 0.4) is 0 Å². The molecule has 0 bridgehead atoms. The number of hydrogen-bond acceptors (Lipinski definition) is 5. The zero-order valence-corrected chi connectivity index (χ0v) is 14.1. The van der Waals surface area contributed by atoms with Crippen LogP contribution in [0.1, 0.15) is 27.3 Å². The van der Waals surface area contributed by atoms with Gasteiger partial charge in [-0.15, -0.1) is 0 Å². The number of nitrogen functional groups attached to an aromatic ring is 1. The molecule has 1 amide bonds. The number of anilines is 1. The fourth-order valence-corrected chi connectivity index (χ4v) is 3.20. The lowest BCUT2D eigenvalue weighted by molar-refractivity contribution is 0.100. The number of benzene rings is 1. The van der Waals surface area contributed by atoms with Gasteiger partial charge in [0.2, 0.25) is 0 Å². The number of nitrogens with zero attached hydrogens (tertiary/aromatic N) is 3. The number of halogens is 1. The molecule has 0 radical (unpaired) electrons. The van der Waals surface area contributed by atoms with Crippen molar-refractivity contribution in [2.75, 3.05) is 5.73 Å². The van der Waals surface area contributed by atoms with Gasteiger partial charge in [0.05, 0.1) is 16.6 Å². The number of aryl methyl sites for hydroxylation is 2. The molecule has 1 aromatic carbocycles. The number of aromatic hydroxyl groups is 1. The Labute approximate surface area is 142 Å². The van der Waals surface area contributed by atoms with Crippen molar-refractivity contribution in [3.63, 3.8) is 0 Å². The van der Waals surface area contributed by atoms with Gasteiger partial charge in [-0.3, -0.25) is 9.36 Å². The molecule has 0 saturated carbocycles. The molecule has 3 aromatic rings. The fraction of sp³-hybridized carbons (Fsp3) is 0.188. The van der Waals surface area contributed by atoms with E-state index in [9.17, 15) is 9.90 Å². The Morgan fingerprint density at radius 1 is 1.25 bits per heavy atom. The zero-order valence-electron chi connectivity index (χ0n) is 13.4. The third-order valence-electron chi connectivity index (χ3n) is 3.99. The predicted octanol–water partition coefficient (Wildman–Crippen LogP) is 2.39. The van der Waals surface area contributed by atoms with E-state index in [1.165, 1.54) is 0 Å². The van der Waals surface area contributed by atoms with E-state index in [0.29, 0.717) is 28.1 Å². The van der Waals surface area contributed by atoms with E-state index in [0.717, 1.165) is 5.56 Å². The third kappa shape index (κ3) is 2.16. The molecule has 124 valence electrons. The van der Waals surface area contributed by atoms with Crippen molar-refractivity contribution in [3.8, 4) is 11.4 Å². The number of hydrogen-bond donors (Lipinski definition) is 3. The van der Waals surface area contributed by atoms with Crippen LogP contribution in [-0.4, -0.2) is 25.5 Å². The van der Waals surface area contributed by atoms with Gasteiger partial charge in [-0.1, -0.05) is 17.7 Å². The Kier molecular flexibility index (Phi) is 3.60. The number of phenolic OH excluding ortho intramolecular Hbond substituents is 1. The van der Waals surface area contributed by atoms with E-state index in [4.69, 9.17) is 23.1 Å². The Morgan fingerprint density at radius 3 is 2.54 bits per heavy atom. The summed E-state index contributed by atoms with van der Waals surface area (Å²) in [5.41, 5.74) is 14.2.